The molecule has 19 heavy (non-hydrogen) atoms. The van der Waals surface area contributed by atoms with E-state index in [1.165, 1.54) is 11.8 Å². The first-order chi connectivity index (χ1) is 9.09. The van der Waals surface area contributed by atoms with Gasteiger partial charge < -0.3 is 5.32 Å². The van der Waals surface area contributed by atoms with Gasteiger partial charge in [0.2, 0.25) is 10.0 Å². The molecule has 0 amide bonds. The first-order valence-corrected chi connectivity index (χ1v) is 9.06. The van der Waals surface area contributed by atoms with E-state index in [0.717, 1.165) is 17.7 Å². The molecule has 1 saturated heterocycles. The van der Waals surface area contributed by atoms with Crippen LogP contribution >= 0.6 is 11.8 Å². The van der Waals surface area contributed by atoms with Crippen LogP contribution in [0.1, 0.15) is 12.8 Å². The molecule has 1 aromatic rings. The Labute approximate surface area is 119 Å². The van der Waals surface area contributed by atoms with Gasteiger partial charge in [-0.25, -0.2) is 8.42 Å². The van der Waals surface area contributed by atoms with Crippen molar-refractivity contribution >= 4 is 21.8 Å². The number of benzene rings is 1. The summed E-state index contributed by atoms with van der Waals surface area (Å²) in [5.74, 6) is 0. The number of rotatable bonds is 4. The molecule has 0 aromatic heterocycles. The van der Waals surface area contributed by atoms with Gasteiger partial charge >= 0.3 is 0 Å². The molecule has 0 aliphatic carbocycles. The van der Waals surface area contributed by atoms with E-state index < -0.39 is 10.0 Å². The highest BCUT2D eigenvalue weighted by molar-refractivity contribution is 7.99. The van der Waals surface area contributed by atoms with Crippen LogP contribution in [0.25, 0.3) is 0 Å². The van der Waals surface area contributed by atoms with Crippen molar-refractivity contribution in [2.75, 3.05) is 26.4 Å². The van der Waals surface area contributed by atoms with Crippen molar-refractivity contribution in [3.05, 3.63) is 24.3 Å². The van der Waals surface area contributed by atoms with Crippen molar-refractivity contribution in [2.24, 2.45) is 0 Å². The van der Waals surface area contributed by atoms with Gasteiger partial charge in [-0.2, -0.15) is 4.31 Å². The van der Waals surface area contributed by atoms with E-state index in [1.807, 2.05) is 25.4 Å². The predicted octanol–water partition coefficient (Wildman–Crippen LogP) is 1.78. The number of hydrogen-bond donors (Lipinski definition) is 1. The molecule has 6 heteroatoms. The molecule has 106 valence electrons. The fourth-order valence-electron chi connectivity index (χ4n) is 2.36. The average Bonchev–Trinajstić information content (AvgIpc) is 2.47. The van der Waals surface area contributed by atoms with Crippen molar-refractivity contribution in [1.29, 1.82) is 0 Å². The molecule has 1 heterocycles. The van der Waals surface area contributed by atoms with Crippen molar-refractivity contribution in [2.45, 2.75) is 28.7 Å². The van der Waals surface area contributed by atoms with Gasteiger partial charge in [0.25, 0.3) is 0 Å². The van der Waals surface area contributed by atoms with Crippen molar-refractivity contribution < 1.29 is 8.42 Å². The second-order valence-electron chi connectivity index (χ2n) is 4.62. The normalized spacial score (nSPS) is 18.6. The predicted molar refractivity (Wildman–Crippen MR) is 79.1 cm³/mol. The molecule has 1 aliphatic rings. The van der Waals surface area contributed by atoms with E-state index in [0.29, 0.717) is 24.0 Å². The molecule has 0 saturated carbocycles. The van der Waals surface area contributed by atoms with Gasteiger partial charge in [-0.3, -0.25) is 0 Å². The van der Waals surface area contributed by atoms with E-state index in [1.54, 1.807) is 16.4 Å². The summed E-state index contributed by atoms with van der Waals surface area (Å²) in [6.07, 6.45) is 3.65. The molecule has 0 spiro atoms. The summed E-state index contributed by atoms with van der Waals surface area (Å²) in [7, 11) is -1.42. The summed E-state index contributed by atoms with van der Waals surface area (Å²) >= 11 is 1.47. The third kappa shape index (κ3) is 3.13. The van der Waals surface area contributed by atoms with Crippen LogP contribution in [0.15, 0.2) is 34.1 Å². The quantitative estimate of drug-likeness (QED) is 0.861. The molecule has 1 aromatic carbocycles. The third-order valence-corrected chi connectivity index (χ3v) is 6.43. The molecule has 4 nitrogen and oxygen atoms in total. The highest BCUT2D eigenvalue weighted by atomic mass is 32.2. The van der Waals surface area contributed by atoms with Crippen LogP contribution in [0, 0.1) is 0 Å². The molecular weight excluding hydrogens is 280 g/mol. The number of hydrogen-bond acceptors (Lipinski definition) is 4. The van der Waals surface area contributed by atoms with Crippen molar-refractivity contribution in [3.63, 3.8) is 0 Å². The summed E-state index contributed by atoms with van der Waals surface area (Å²) in [4.78, 5) is 1.25. The van der Waals surface area contributed by atoms with Gasteiger partial charge in [-0.05, 0) is 38.3 Å². The lowest BCUT2D eigenvalue weighted by atomic mass is 10.1. The zero-order valence-electron chi connectivity index (χ0n) is 11.3. The number of piperidine rings is 1. The fraction of sp³-hybridized carbons (Fsp3) is 0.538. The second-order valence-corrected chi connectivity index (χ2v) is 7.37. The van der Waals surface area contributed by atoms with Crippen LogP contribution < -0.4 is 5.32 Å². The number of thioether (sulfide) groups is 1. The molecule has 0 bridgehead atoms. The van der Waals surface area contributed by atoms with Gasteiger partial charge in [0.15, 0.2) is 0 Å². The fourth-order valence-corrected chi connectivity index (χ4v) is 4.95. The monoisotopic (exact) mass is 300 g/mol. The molecule has 1 aliphatic heterocycles. The summed E-state index contributed by atoms with van der Waals surface area (Å²) in [5, 5.41) is 3.21. The maximum Gasteiger partial charge on any atom is 0.244 e. The summed E-state index contributed by atoms with van der Waals surface area (Å²) < 4.78 is 26.9. The second kappa shape index (κ2) is 6.26. The SMILES string of the molecule is CNC1CCN(S(=O)(=O)c2ccccc2SC)CC1. The zero-order valence-corrected chi connectivity index (χ0v) is 12.9. The largest absolute Gasteiger partial charge is 0.317 e. The maximum absolute atomic E-state index is 12.7. The Morgan fingerprint density at radius 3 is 2.47 bits per heavy atom. The highest BCUT2D eigenvalue weighted by Crippen LogP contribution is 2.28. The molecule has 2 rings (SSSR count). The molecule has 0 atom stereocenters. The number of nitrogens with zero attached hydrogens (tertiary/aromatic N) is 1. The van der Waals surface area contributed by atoms with Crippen LogP contribution in [0.3, 0.4) is 0 Å². The Morgan fingerprint density at radius 2 is 1.89 bits per heavy atom. The Kier molecular flexibility index (Phi) is 4.89. The van der Waals surface area contributed by atoms with Gasteiger partial charge in [0.05, 0.1) is 4.90 Å². The van der Waals surface area contributed by atoms with Crippen molar-refractivity contribution in [1.82, 2.24) is 9.62 Å². The Bertz CT molecular complexity index is 523. The van der Waals surface area contributed by atoms with E-state index in [2.05, 4.69) is 5.32 Å². The van der Waals surface area contributed by atoms with Crippen LogP contribution in [0.2, 0.25) is 0 Å². The molecule has 0 unspecified atom stereocenters. The Balaban J connectivity index is 2.23. The average molecular weight is 300 g/mol. The number of sulfonamides is 1. The molecule has 1 N–H and O–H groups in total. The summed E-state index contributed by atoms with van der Waals surface area (Å²) in [5.41, 5.74) is 0. The van der Waals surface area contributed by atoms with Crippen LogP contribution in [-0.2, 0) is 10.0 Å². The minimum Gasteiger partial charge on any atom is -0.317 e. The number of nitrogens with one attached hydrogen (secondary N) is 1. The maximum atomic E-state index is 12.7. The minimum atomic E-state index is -3.35. The van der Waals surface area contributed by atoms with Gasteiger partial charge in [0.1, 0.15) is 0 Å². The van der Waals surface area contributed by atoms with Crippen LogP contribution in [0.5, 0.6) is 0 Å². The third-order valence-electron chi connectivity index (χ3n) is 3.55. The lowest BCUT2D eigenvalue weighted by Gasteiger charge is -2.31. The van der Waals surface area contributed by atoms with Crippen molar-refractivity contribution in [3.8, 4) is 0 Å². The first kappa shape index (κ1) is 14.8. The van der Waals surface area contributed by atoms with E-state index in [9.17, 15) is 8.42 Å². The molecule has 1 fully saturated rings. The zero-order chi connectivity index (χ0) is 13.9. The summed E-state index contributed by atoms with van der Waals surface area (Å²) in [6, 6.07) is 7.65. The lowest BCUT2D eigenvalue weighted by molar-refractivity contribution is 0.298. The van der Waals surface area contributed by atoms with E-state index in [4.69, 9.17) is 0 Å². The van der Waals surface area contributed by atoms with Gasteiger partial charge in [-0.15, -0.1) is 11.8 Å². The summed E-state index contributed by atoms with van der Waals surface area (Å²) in [6.45, 7) is 1.19. The topological polar surface area (TPSA) is 49.4 Å². The van der Waals surface area contributed by atoms with Gasteiger partial charge in [0, 0.05) is 24.0 Å². The van der Waals surface area contributed by atoms with E-state index in [-0.39, 0.29) is 0 Å². The first-order valence-electron chi connectivity index (χ1n) is 6.40. The Morgan fingerprint density at radius 1 is 1.26 bits per heavy atom. The van der Waals surface area contributed by atoms with E-state index >= 15 is 0 Å². The Hall–Kier alpha value is -0.560. The molecular formula is C13H20N2O2S2. The van der Waals surface area contributed by atoms with Crippen LogP contribution in [0.4, 0.5) is 0 Å². The smallest absolute Gasteiger partial charge is 0.244 e. The highest BCUT2D eigenvalue weighted by Gasteiger charge is 2.30. The molecule has 0 radical (unpaired) electrons. The standard InChI is InChI=1S/C13H20N2O2S2/c1-14-11-7-9-15(10-8-11)19(16,17)13-6-4-3-5-12(13)18-2/h3-6,11,14H,7-10H2,1-2H3. The lowest BCUT2D eigenvalue weighted by Crippen LogP contribution is -2.43. The van der Waals surface area contributed by atoms with Gasteiger partial charge in [-0.1, -0.05) is 12.1 Å². The van der Waals surface area contributed by atoms with Crippen LogP contribution in [-0.4, -0.2) is 45.2 Å². The minimum absolute atomic E-state index is 0.433.